The van der Waals surface area contributed by atoms with E-state index in [9.17, 15) is 0 Å². The second kappa shape index (κ2) is 11.9. The van der Waals surface area contributed by atoms with Crippen LogP contribution in [0.25, 0.3) is 22.6 Å². The predicted molar refractivity (Wildman–Crippen MR) is 211 cm³/mol. The maximum atomic E-state index is 5.31. The summed E-state index contributed by atoms with van der Waals surface area (Å²) in [5.74, 6) is 1.46. The van der Waals surface area contributed by atoms with Crippen molar-refractivity contribution in [2.75, 3.05) is 9.80 Å². The van der Waals surface area contributed by atoms with E-state index >= 15 is 0 Å². The fourth-order valence-electron chi connectivity index (χ4n) is 8.10. The normalized spacial score (nSPS) is 13.6. The number of hydrogen-bond acceptors (Lipinski definition) is 5. The third kappa shape index (κ3) is 4.52. The average molecular weight is 714 g/mol. The van der Waals surface area contributed by atoms with Crippen LogP contribution in [0.5, 0.6) is 0 Å². The van der Waals surface area contributed by atoms with Crippen molar-refractivity contribution in [3.05, 3.63) is 188 Å². The van der Waals surface area contributed by atoms with E-state index in [1.165, 1.54) is 29.0 Å². The van der Waals surface area contributed by atoms with Crippen molar-refractivity contribution in [2.24, 2.45) is 0 Å². The van der Waals surface area contributed by atoms with Gasteiger partial charge in [-0.15, -0.1) is 0 Å². The topological polar surface area (TPSA) is 45.2 Å². The summed E-state index contributed by atoms with van der Waals surface area (Å²) < 4.78 is 5.60. The molecule has 0 atom stereocenters. The molecule has 2 aliphatic heterocycles. The quantitative estimate of drug-likeness (QED) is 0.172. The molecule has 0 unspecified atom stereocenters. The number of para-hydroxylation sites is 5. The molecular formula is C45H31GeN5. The van der Waals surface area contributed by atoms with Crippen LogP contribution in [0.15, 0.2) is 188 Å². The van der Waals surface area contributed by atoms with Crippen LogP contribution in [-0.4, -0.2) is 28.2 Å². The van der Waals surface area contributed by atoms with E-state index in [1.807, 2.05) is 24.4 Å². The van der Waals surface area contributed by atoms with Gasteiger partial charge < -0.3 is 0 Å². The van der Waals surface area contributed by atoms with E-state index in [0.29, 0.717) is 5.82 Å². The van der Waals surface area contributed by atoms with Gasteiger partial charge in [0.05, 0.1) is 0 Å². The number of benzene rings is 6. The molecule has 6 heteroatoms. The monoisotopic (exact) mass is 715 g/mol. The van der Waals surface area contributed by atoms with Crippen molar-refractivity contribution in [2.45, 2.75) is 0 Å². The first kappa shape index (κ1) is 29.6. The SMILES string of the molecule is c1ccc(-c2cc(N3c4cccc[c]4[Ge]4([c]5ccccc5N(c5ccccc5)c5cccc[c]54)[c]4ccccc43)nc(-c3cccnc3)n2)cc1. The molecule has 0 radical (unpaired) electrons. The van der Waals surface area contributed by atoms with Crippen molar-refractivity contribution >= 4 is 65.1 Å². The van der Waals surface area contributed by atoms with Gasteiger partial charge in [0.15, 0.2) is 0 Å². The van der Waals surface area contributed by atoms with Gasteiger partial charge in [-0.05, 0) is 0 Å². The van der Waals surface area contributed by atoms with Crippen molar-refractivity contribution in [1.29, 1.82) is 0 Å². The predicted octanol–water partition coefficient (Wildman–Crippen LogP) is 8.15. The van der Waals surface area contributed by atoms with Crippen molar-refractivity contribution < 1.29 is 0 Å². The van der Waals surface area contributed by atoms with Gasteiger partial charge in [-0.3, -0.25) is 0 Å². The number of nitrogens with zero attached hydrogens (tertiary/aromatic N) is 5. The summed E-state index contributed by atoms with van der Waals surface area (Å²) in [6.45, 7) is 0. The Bertz CT molecular complexity index is 2400. The summed E-state index contributed by atoms with van der Waals surface area (Å²) in [5, 5.41) is 0. The molecule has 5 nitrogen and oxygen atoms in total. The Kier molecular flexibility index (Phi) is 6.92. The molecule has 0 N–H and O–H groups in total. The zero-order valence-corrected chi connectivity index (χ0v) is 29.7. The first-order valence-electron chi connectivity index (χ1n) is 17.2. The second-order valence-corrected chi connectivity index (χ2v) is 20.5. The van der Waals surface area contributed by atoms with Crippen LogP contribution < -0.4 is 27.4 Å². The molecule has 0 bridgehead atoms. The summed E-state index contributed by atoms with van der Waals surface area (Å²) in [6.07, 6.45) is 3.62. The summed E-state index contributed by atoms with van der Waals surface area (Å²) in [7, 11) is 0. The minimum atomic E-state index is -3.69. The third-order valence-electron chi connectivity index (χ3n) is 10.1. The number of hydrogen-bond donors (Lipinski definition) is 0. The number of anilines is 6. The molecule has 2 aliphatic rings. The Balaban J connectivity index is 1.28. The van der Waals surface area contributed by atoms with Gasteiger partial charge in [0.2, 0.25) is 0 Å². The molecule has 0 fully saturated rings. The average Bonchev–Trinajstić information content (AvgIpc) is 3.21. The molecule has 8 aromatic rings. The van der Waals surface area contributed by atoms with Crippen LogP contribution in [0.4, 0.5) is 34.3 Å². The van der Waals surface area contributed by atoms with Crippen LogP contribution >= 0.6 is 0 Å². The molecule has 0 saturated carbocycles. The van der Waals surface area contributed by atoms with E-state index in [0.717, 1.165) is 39.7 Å². The second-order valence-electron chi connectivity index (χ2n) is 12.9. The Labute approximate surface area is 299 Å². The summed E-state index contributed by atoms with van der Waals surface area (Å²) in [6, 6.07) is 63.5. The Morgan fingerprint density at radius 3 is 1.41 bits per heavy atom. The number of rotatable bonds is 4. The molecule has 51 heavy (non-hydrogen) atoms. The third-order valence-corrected chi connectivity index (χ3v) is 20.5. The van der Waals surface area contributed by atoms with Gasteiger partial charge in [-0.1, -0.05) is 0 Å². The van der Waals surface area contributed by atoms with Gasteiger partial charge in [0.25, 0.3) is 0 Å². The standard InChI is InChI=1S/C45H31GeN5/c1-3-16-32(17-4-1)39-30-44(49-45(48-39)33-18-15-29-47-31-33)51-42-27-13-9-23-37(42)46(38-24-10-14-28-43(38)51)35-21-7-11-25-40(35)50(34-19-5-2-6-20-34)41-26-12-8-22-36(41)46/h1-31H. The maximum absolute atomic E-state index is 5.31. The van der Waals surface area contributed by atoms with Gasteiger partial charge in [0.1, 0.15) is 0 Å². The molecule has 6 aromatic carbocycles. The van der Waals surface area contributed by atoms with Gasteiger partial charge in [-0.2, -0.15) is 0 Å². The molecule has 2 aromatic heterocycles. The van der Waals surface area contributed by atoms with Gasteiger partial charge in [-0.25, -0.2) is 0 Å². The van der Waals surface area contributed by atoms with E-state index < -0.39 is 13.3 Å². The molecule has 0 amide bonds. The van der Waals surface area contributed by atoms with E-state index in [-0.39, 0.29) is 0 Å². The zero-order valence-electron chi connectivity index (χ0n) is 27.6. The Hall–Kier alpha value is -6.31. The number of fused-ring (bicyclic) bond motifs is 8. The van der Waals surface area contributed by atoms with Crippen LogP contribution in [0.1, 0.15) is 0 Å². The molecule has 10 rings (SSSR count). The molecule has 1 spiro atoms. The summed E-state index contributed by atoms with van der Waals surface area (Å²) in [4.78, 5) is 19.6. The molecular weight excluding hydrogens is 683 g/mol. The van der Waals surface area contributed by atoms with Crippen LogP contribution in [-0.2, 0) is 0 Å². The first-order chi connectivity index (χ1) is 25.3. The van der Waals surface area contributed by atoms with E-state index in [4.69, 9.17) is 9.97 Å². The molecule has 240 valence electrons. The first-order valence-corrected chi connectivity index (χ1v) is 21.4. The van der Waals surface area contributed by atoms with Crippen molar-refractivity contribution in [3.63, 3.8) is 0 Å². The van der Waals surface area contributed by atoms with Gasteiger partial charge >= 0.3 is 301 Å². The fourth-order valence-corrected chi connectivity index (χ4v) is 19.5. The summed E-state index contributed by atoms with van der Waals surface area (Å²) >= 11 is -3.69. The van der Waals surface area contributed by atoms with Crippen LogP contribution in [0.2, 0.25) is 0 Å². The Morgan fingerprint density at radius 1 is 0.412 bits per heavy atom. The van der Waals surface area contributed by atoms with Crippen molar-refractivity contribution in [1.82, 2.24) is 15.0 Å². The van der Waals surface area contributed by atoms with Crippen molar-refractivity contribution in [3.8, 4) is 22.6 Å². The van der Waals surface area contributed by atoms with Crippen LogP contribution in [0.3, 0.4) is 0 Å². The van der Waals surface area contributed by atoms with E-state index in [2.05, 4.69) is 173 Å². The number of aromatic nitrogens is 3. The zero-order chi connectivity index (χ0) is 33.8. The van der Waals surface area contributed by atoms with Crippen LogP contribution in [0, 0.1) is 0 Å². The number of pyridine rings is 1. The minimum absolute atomic E-state index is 0.642. The Morgan fingerprint density at radius 2 is 0.882 bits per heavy atom. The molecule has 0 saturated heterocycles. The molecule has 4 heterocycles. The van der Waals surface area contributed by atoms with Gasteiger partial charge in [0, 0.05) is 0 Å². The van der Waals surface area contributed by atoms with E-state index in [1.54, 1.807) is 6.20 Å². The molecule has 0 aliphatic carbocycles. The fraction of sp³-hybridized carbons (Fsp3) is 0. The summed E-state index contributed by atoms with van der Waals surface area (Å²) in [5.41, 5.74) is 8.73.